The van der Waals surface area contributed by atoms with E-state index in [0.717, 1.165) is 35.6 Å². The zero-order valence-corrected chi connectivity index (χ0v) is 11.1. The standard InChI is InChI=1S/C18H15NO/c19-16-7-3-1-6-14(16)15-10-9-12-11-18(15)20-17-8-4-2-5-13(12)17/h1-8,11H,9-10,19H2. The Balaban J connectivity index is 1.88. The summed E-state index contributed by atoms with van der Waals surface area (Å²) in [5.74, 6) is 1.90. The Morgan fingerprint density at radius 3 is 2.45 bits per heavy atom. The van der Waals surface area contributed by atoms with Crippen LogP contribution in [0.25, 0.3) is 11.1 Å². The molecule has 1 aliphatic heterocycles. The molecular formula is C18H15NO. The number of anilines is 1. The monoisotopic (exact) mass is 261 g/mol. The van der Waals surface area contributed by atoms with Crippen LogP contribution in [-0.2, 0) is 0 Å². The van der Waals surface area contributed by atoms with Crippen molar-refractivity contribution < 1.29 is 4.74 Å². The van der Waals surface area contributed by atoms with Crippen LogP contribution in [0.3, 0.4) is 0 Å². The van der Waals surface area contributed by atoms with Crippen molar-refractivity contribution >= 4 is 16.8 Å². The number of benzene rings is 2. The molecule has 1 aliphatic carbocycles. The van der Waals surface area contributed by atoms with Crippen molar-refractivity contribution in [2.24, 2.45) is 0 Å². The largest absolute Gasteiger partial charge is 0.456 e. The first-order valence-corrected chi connectivity index (χ1v) is 6.89. The minimum Gasteiger partial charge on any atom is -0.456 e. The number of fused-ring (bicyclic) bond motifs is 3. The van der Waals surface area contributed by atoms with Crippen molar-refractivity contribution in [2.75, 3.05) is 5.73 Å². The third-order valence-corrected chi connectivity index (χ3v) is 3.99. The van der Waals surface area contributed by atoms with Crippen LogP contribution in [0, 0.1) is 0 Å². The van der Waals surface area contributed by atoms with Gasteiger partial charge in [0, 0.05) is 22.4 Å². The van der Waals surface area contributed by atoms with Gasteiger partial charge in [0.1, 0.15) is 11.5 Å². The number of nitrogen functional groups attached to an aromatic ring is 1. The topological polar surface area (TPSA) is 35.2 Å². The van der Waals surface area contributed by atoms with Crippen LogP contribution in [-0.4, -0.2) is 0 Å². The second kappa shape index (κ2) is 4.27. The number of rotatable bonds is 1. The van der Waals surface area contributed by atoms with Crippen molar-refractivity contribution in [3.63, 3.8) is 0 Å². The summed E-state index contributed by atoms with van der Waals surface area (Å²) in [4.78, 5) is 0. The van der Waals surface area contributed by atoms with E-state index in [4.69, 9.17) is 10.5 Å². The van der Waals surface area contributed by atoms with Crippen LogP contribution < -0.4 is 10.5 Å². The number of hydrogen-bond donors (Lipinski definition) is 1. The van der Waals surface area contributed by atoms with E-state index >= 15 is 0 Å². The van der Waals surface area contributed by atoms with Gasteiger partial charge in [0.05, 0.1) is 0 Å². The van der Waals surface area contributed by atoms with E-state index in [2.05, 4.69) is 24.3 Å². The van der Waals surface area contributed by atoms with E-state index in [1.54, 1.807) is 0 Å². The van der Waals surface area contributed by atoms with Crippen LogP contribution in [0.5, 0.6) is 5.75 Å². The van der Waals surface area contributed by atoms with Gasteiger partial charge in [0.25, 0.3) is 0 Å². The Bertz CT molecular complexity index is 756. The second-order valence-corrected chi connectivity index (χ2v) is 5.20. The Morgan fingerprint density at radius 2 is 1.60 bits per heavy atom. The first-order valence-electron chi connectivity index (χ1n) is 6.89. The van der Waals surface area contributed by atoms with E-state index in [9.17, 15) is 0 Å². The molecule has 0 amide bonds. The summed E-state index contributed by atoms with van der Waals surface area (Å²) in [6, 6.07) is 16.2. The van der Waals surface area contributed by atoms with E-state index in [-0.39, 0.29) is 0 Å². The van der Waals surface area contributed by atoms with Gasteiger partial charge in [-0.3, -0.25) is 0 Å². The summed E-state index contributed by atoms with van der Waals surface area (Å²) in [5.41, 5.74) is 11.8. The van der Waals surface area contributed by atoms with Crippen LogP contribution in [0.2, 0.25) is 0 Å². The zero-order valence-electron chi connectivity index (χ0n) is 11.1. The first kappa shape index (κ1) is 11.4. The van der Waals surface area contributed by atoms with E-state index in [1.165, 1.54) is 16.7 Å². The summed E-state index contributed by atoms with van der Waals surface area (Å²) in [6.07, 6.45) is 4.17. The minimum atomic E-state index is 0.814. The maximum Gasteiger partial charge on any atom is 0.134 e. The Kier molecular flexibility index (Phi) is 2.43. The molecule has 0 fully saturated rings. The smallest absolute Gasteiger partial charge is 0.134 e. The maximum absolute atomic E-state index is 6.11. The third-order valence-electron chi connectivity index (χ3n) is 3.99. The lowest BCUT2D eigenvalue weighted by molar-refractivity contribution is 0.435. The molecule has 0 aromatic heterocycles. The lowest BCUT2D eigenvalue weighted by Crippen LogP contribution is -2.11. The Labute approximate surface area is 118 Å². The summed E-state index contributed by atoms with van der Waals surface area (Å²) in [6.45, 7) is 0. The quantitative estimate of drug-likeness (QED) is 0.779. The predicted molar refractivity (Wildman–Crippen MR) is 82.1 cm³/mol. The molecule has 0 saturated heterocycles. The van der Waals surface area contributed by atoms with E-state index in [1.807, 2.05) is 30.3 Å². The Morgan fingerprint density at radius 1 is 0.850 bits per heavy atom. The molecule has 2 bridgehead atoms. The Hall–Kier alpha value is -2.48. The molecule has 20 heavy (non-hydrogen) atoms. The van der Waals surface area contributed by atoms with Crippen LogP contribution in [0.4, 0.5) is 5.69 Å². The van der Waals surface area contributed by atoms with Crippen molar-refractivity contribution in [1.29, 1.82) is 0 Å². The van der Waals surface area contributed by atoms with Gasteiger partial charge in [-0.25, -0.2) is 0 Å². The van der Waals surface area contributed by atoms with Crippen molar-refractivity contribution in [2.45, 2.75) is 12.8 Å². The number of ether oxygens (including phenoxy) is 1. The van der Waals surface area contributed by atoms with Gasteiger partial charge in [0.2, 0.25) is 0 Å². The molecule has 0 atom stereocenters. The van der Waals surface area contributed by atoms with Gasteiger partial charge in [-0.15, -0.1) is 0 Å². The summed E-state index contributed by atoms with van der Waals surface area (Å²) in [7, 11) is 0. The minimum absolute atomic E-state index is 0.814. The van der Waals surface area contributed by atoms with Crippen LogP contribution in [0.1, 0.15) is 24.0 Å². The number of nitrogens with two attached hydrogens (primary N) is 1. The molecule has 0 radical (unpaired) electrons. The normalized spacial score (nSPS) is 16.3. The maximum atomic E-state index is 6.11. The number of para-hydroxylation sites is 2. The summed E-state index contributed by atoms with van der Waals surface area (Å²) in [5, 5.41) is 0. The van der Waals surface area contributed by atoms with Gasteiger partial charge in [0.15, 0.2) is 0 Å². The zero-order chi connectivity index (χ0) is 13.5. The fourth-order valence-electron chi connectivity index (χ4n) is 2.98. The second-order valence-electron chi connectivity index (χ2n) is 5.20. The highest BCUT2D eigenvalue weighted by Crippen LogP contribution is 2.44. The van der Waals surface area contributed by atoms with Gasteiger partial charge < -0.3 is 10.5 Å². The van der Waals surface area contributed by atoms with Crippen LogP contribution >= 0.6 is 0 Å². The average molecular weight is 261 g/mol. The van der Waals surface area contributed by atoms with Crippen LogP contribution in [0.15, 0.2) is 60.4 Å². The third kappa shape index (κ3) is 1.65. The predicted octanol–water partition coefficient (Wildman–Crippen LogP) is 4.25. The molecule has 1 heterocycles. The van der Waals surface area contributed by atoms with Gasteiger partial charge in [-0.2, -0.15) is 0 Å². The molecule has 98 valence electrons. The molecule has 2 aromatic carbocycles. The molecule has 0 saturated carbocycles. The molecule has 0 unspecified atom stereocenters. The molecule has 0 spiro atoms. The SMILES string of the molecule is Nc1ccccc1C1=C2C=C(CC1)c1ccccc1O2. The lowest BCUT2D eigenvalue weighted by Gasteiger charge is -2.27. The van der Waals surface area contributed by atoms with Gasteiger partial charge in [-0.05, 0) is 36.6 Å². The van der Waals surface area contributed by atoms with Gasteiger partial charge >= 0.3 is 0 Å². The molecular weight excluding hydrogens is 246 g/mol. The molecule has 2 nitrogen and oxygen atoms in total. The van der Waals surface area contributed by atoms with Crippen molar-refractivity contribution in [1.82, 2.24) is 0 Å². The molecule has 2 heteroatoms. The highest BCUT2D eigenvalue weighted by atomic mass is 16.5. The van der Waals surface area contributed by atoms with Crippen molar-refractivity contribution in [3.8, 4) is 5.75 Å². The van der Waals surface area contributed by atoms with Crippen molar-refractivity contribution in [3.05, 3.63) is 71.5 Å². The molecule has 2 N–H and O–H groups in total. The average Bonchev–Trinajstić information content (AvgIpc) is 2.49. The fraction of sp³-hybridized carbons (Fsp3) is 0.111. The molecule has 2 aromatic rings. The lowest BCUT2D eigenvalue weighted by atomic mass is 9.86. The fourth-order valence-corrected chi connectivity index (χ4v) is 2.98. The molecule has 2 aliphatic rings. The first-order chi connectivity index (χ1) is 9.83. The molecule has 4 rings (SSSR count). The van der Waals surface area contributed by atoms with Gasteiger partial charge in [-0.1, -0.05) is 36.4 Å². The number of allylic oxidation sites excluding steroid dienone is 3. The highest BCUT2D eigenvalue weighted by molar-refractivity contribution is 5.87. The van der Waals surface area contributed by atoms with E-state index < -0.39 is 0 Å². The number of hydrogen-bond acceptors (Lipinski definition) is 2. The summed E-state index contributed by atoms with van der Waals surface area (Å²) < 4.78 is 6.07. The highest BCUT2D eigenvalue weighted by Gasteiger charge is 2.24. The van der Waals surface area contributed by atoms with E-state index in [0.29, 0.717) is 0 Å². The summed E-state index contributed by atoms with van der Waals surface area (Å²) >= 11 is 0.